The van der Waals surface area contributed by atoms with Crippen LogP contribution in [0.1, 0.15) is 25.6 Å². The normalized spacial score (nSPS) is 14.0. The first-order chi connectivity index (χ1) is 16.2. The number of morpholine rings is 1. The molecule has 0 amide bonds. The van der Waals surface area contributed by atoms with Gasteiger partial charge in [0.25, 0.3) is 0 Å². The molecule has 0 spiro atoms. The van der Waals surface area contributed by atoms with E-state index >= 15 is 0 Å². The molecule has 0 radical (unpaired) electrons. The van der Waals surface area contributed by atoms with Gasteiger partial charge in [-0.05, 0) is 42.5 Å². The average molecular weight is 442 g/mol. The highest BCUT2D eigenvalue weighted by atomic mass is 16.5. The topological polar surface area (TPSA) is 81.0 Å². The Labute approximate surface area is 193 Å². The predicted octanol–water partition coefficient (Wildman–Crippen LogP) is 4.43. The largest absolute Gasteiger partial charge is 0.378 e. The Morgan fingerprint density at radius 2 is 1.76 bits per heavy atom. The van der Waals surface area contributed by atoms with Crippen molar-refractivity contribution in [2.75, 3.05) is 36.5 Å². The first kappa shape index (κ1) is 21.1. The number of rotatable bonds is 6. The smallest absolute Gasteiger partial charge is 0.227 e. The molecule has 1 aliphatic heterocycles. The minimum atomic E-state index is 0.297. The lowest BCUT2D eigenvalue weighted by molar-refractivity contribution is 0.122. The number of nitrogens with zero attached hydrogens (tertiary/aromatic N) is 6. The van der Waals surface area contributed by atoms with Crippen molar-refractivity contribution in [3.05, 3.63) is 72.9 Å². The van der Waals surface area contributed by atoms with Crippen LogP contribution in [0.4, 0.5) is 17.3 Å². The van der Waals surface area contributed by atoms with Crippen molar-refractivity contribution in [3.63, 3.8) is 0 Å². The van der Waals surface area contributed by atoms with Gasteiger partial charge in [-0.15, -0.1) is 0 Å². The van der Waals surface area contributed by atoms with E-state index in [9.17, 15) is 0 Å². The fourth-order valence-corrected chi connectivity index (χ4v) is 3.75. The van der Waals surface area contributed by atoms with Gasteiger partial charge in [0.15, 0.2) is 5.82 Å². The maximum atomic E-state index is 5.47. The molecule has 0 saturated carbocycles. The Balaban J connectivity index is 1.31. The lowest BCUT2D eigenvalue weighted by atomic mass is 10.1. The number of benzene rings is 2. The molecule has 0 bridgehead atoms. The molecule has 1 N–H and O–H groups in total. The van der Waals surface area contributed by atoms with Crippen LogP contribution in [0.2, 0.25) is 0 Å². The van der Waals surface area contributed by atoms with Crippen LogP contribution < -0.4 is 10.2 Å². The maximum Gasteiger partial charge on any atom is 0.227 e. The summed E-state index contributed by atoms with van der Waals surface area (Å²) in [7, 11) is 0. The Bertz CT molecular complexity index is 1210. The standard InChI is InChI=1S/C25H27N7O/c1-18(2)24-27-17-32(30-24)21-8-6-20(7-9-21)28-25-26-11-10-23(29-25)19-4-3-5-22(16-19)31-12-14-33-15-13-31/h3-11,16-18H,12-15H2,1-2H3,(H,26,28,29). The van der Waals surface area contributed by atoms with Crippen LogP contribution in [-0.2, 0) is 4.74 Å². The Morgan fingerprint density at radius 3 is 2.52 bits per heavy atom. The molecule has 33 heavy (non-hydrogen) atoms. The summed E-state index contributed by atoms with van der Waals surface area (Å²) in [5.74, 6) is 1.69. The van der Waals surface area contributed by atoms with Gasteiger partial charge in [0.1, 0.15) is 6.33 Å². The predicted molar refractivity (Wildman–Crippen MR) is 129 cm³/mol. The lowest BCUT2D eigenvalue weighted by Gasteiger charge is -2.29. The molecule has 0 aliphatic carbocycles. The van der Waals surface area contributed by atoms with E-state index < -0.39 is 0 Å². The summed E-state index contributed by atoms with van der Waals surface area (Å²) < 4.78 is 7.26. The number of nitrogens with one attached hydrogen (secondary N) is 1. The van der Waals surface area contributed by atoms with Gasteiger partial charge < -0.3 is 15.0 Å². The van der Waals surface area contributed by atoms with Gasteiger partial charge in [-0.3, -0.25) is 0 Å². The summed E-state index contributed by atoms with van der Waals surface area (Å²) in [5, 5.41) is 7.83. The second-order valence-electron chi connectivity index (χ2n) is 8.29. The van der Waals surface area contributed by atoms with Crippen molar-refractivity contribution >= 4 is 17.3 Å². The van der Waals surface area contributed by atoms with Crippen LogP contribution in [0.15, 0.2) is 67.1 Å². The highest BCUT2D eigenvalue weighted by molar-refractivity contribution is 5.67. The molecule has 0 unspecified atom stereocenters. The van der Waals surface area contributed by atoms with Crippen molar-refractivity contribution in [2.45, 2.75) is 19.8 Å². The van der Waals surface area contributed by atoms with E-state index in [0.29, 0.717) is 11.9 Å². The zero-order valence-corrected chi connectivity index (χ0v) is 18.8. The van der Waals surface area contributed by atoms with Crippen molar-refractivity contribution in [1.29, 1.82) is 0 Å². The number of hydrogen-bond acceptors (Lipinski definition) is 7. The van der Waals surface area contributed by atoms with E-state index in [1.54, 1.807) is 17.2 Å². The van der Waals surface area contributed by atoms with E-state index in [1.165, 1.54) is 5.69 Å². The molecule has 3 heterocycles. The third-order valence-electron chi connectivity index (χ3n) is 5.59. The van der Waals surface area contributed by atoms with Crippen molar-refractivity contribution in [3.8, 4) is 16.9 Å². The monoisotopic (exact) mass is 441 g/mol. The Morgan fingerprint density at radius 1 is 0.939 bits per heavy atom. The molecule has 4 aromatic rings. The second kappa shape index (κ2) is 9.38. The van der Waals surface area contributed by atoms with Crippen LogP contribution in [-0.4, -0.2) is 51.0 Å². The molecular weight excluding hydrogens is 414 g/mol. The Hall–Kier alpha value is -3.78. The van der Waals surface area contributed by atoms with Crippen LogP contribution in [0, 0.1) is 0 Å². The highest BCUT2D eigenvalue weighted by Crippen LogP contribution is 2.25. The quantitative estimate of drug-likeness (QED) is 0.474. The first-order valence-electron chi connectivity index (χ1n) is 11.2. The zero-order valence-electron chi connectivity index (χ0n) is 18.8. The van der Waals surface area contributed by atoms with E-state index in [0.717, 1.165) is 54.8 Å². The third kappa shape index (κ3) is 4.85. The van der Waals surface area contributed by atoms with Crippen molar-refractivity contribution in [2.24, 2.45) is 0 Å². The highest BCUT2D eigenvalue weighted by Gasteiger charge is 2.12. The van der Waals surface area contributed by atoms with Gasteiger partial charge in [0.05, 0.1) is 24.6 Å². The fourth-order valence-electron chi connectivity index (χ4n) is 3.75. The van der Waals surface area contributed by atoms with Crippen LogP contribution >= 0.6 is 0 Å². The number of aromatic nitrogens is 5. The van der Waals surface area contributed by atoms with Gasteiger partial charge in [-0.25, -0.2) is 19.6 Å². The summed E-state index contributed by atoms with van der Waals surface area (Å²) in [6.45, 7) is 7.51. The molecule has 2 aromatic carbocycles. The third-order valence-corrected chi connectivity index (χ3v) is 5.59. The molecular formula is C25H27N7O. The van der Waals surface area contributed by atoms with Gasteiger partial charge in [-0.1, -0.05) is 26.0 Å². The SMILES string of the molecule is CC(C)c1ncn(-c2ccc(Nc3nccc(-c4cccc(N5CCOCC5)c4)n3)cc2)n1. The number of anilines is 3. The van der Waals surface area contributed by atoms with Crippen LogP contribution in [0.5, 0.6) is 0 Å². The second-order valence-corrected chi connectivity index (χ2v) is 8.29. The summed E-state index contributed by atoms with van der Waals surface area (Å²) >= 11 is 0. The maximum absolute atomic E-state index is 5.47. The van der Waals surface area contributed by atoms with Gasteiger partial charge >= 0.3 is 0 Å². The number of hydrogen-bond donors (Lipinski definition) is 1. The molecule has 1 saturated heterocycles. The van der Waals surface area contributed by atoms with E-state index in [4.69, 9.17) is 9.72 Å². The minimum absolute atomic E-state index is 0.297. The van der Waals surface area contributed by atoms with Crippen molar-refractivity contribution < 1.29 is 4.74 Å². The van der Waals surface area contributed by atoms with E-state index in [2.05, 4.69) is 63.4 Å². The fraction of sp³-hybridized carbons (Fsp3) is 0.280. The number of ether oxygens (including phenoxy) is 1. The molecule has 5 rings (SSSR count). The summed E-state index contributed by atoms with van der Waals surface area (Å²) in [6.07, 6.45) is 3.53. The van der Waals surface area contributed by atoms with Crippen LogP contribution in [0.3, 0.4) is 0 Å². The summed E-state index contributed by atoms with van der Waals surface area (Å²) in [4.78, 5) is 15.8. The molecule has 1 aliphatic rings. The van der Waals surface area contributed by atoms with Crippen LogP contribution in [0.25, 0.3) is 16.9 Å². The molecule has 0 atom stereocenters. The first-order valence-corrected chi connectivity index (χ1v) is 11.2. The molecule has 8 heteroatoms. The Kier molecular flexibility index (Phi) is 5.99. The summed E-state index contributed by atoms with van der Waals surface area (Å²) in [6, 6.07) is 18.4. The molecule has 168 valence electrons. The molecule has 1 fully saturated rings. The van der Waals surface area contributed by atoms with E-state index in [-0.39, 0.29) is 0 Å². The van der Waals surface area contributed by atoms with Gasteiger partial charge in [-0.2, -0.15) is 5.10 Å². The minimum Gasteiger partial charge on any atom is -0.378 e. The molecule has 2 aromatic heterocycles. The van der Waals surface area contributed by atoms with Crippen molar-refractivity contribution in [1.82, 2.24) is 24.7 Å². The zero-order chi connectivity index (χ0) is 22.6. The molecule has 8 nitrogen and oxygen atoms in total. The van der Waals surface area contributed by atoms with E-state index in [1.807, 2.05) is 30.3 Å². The van der Waals surface area contributed by atoms with Gasteiger partial charge in [0.2, 0.25) is 5.95 Å². The summed E-state index contributed by atoms with van der Waals surface area (Å²) in [5.41, 5.74) is 4.99. The lowest BCUT2D eigenvalue weighted by Crippen LogP contribution is -2.36. The average Bonchev–Trinajstić information content (AvgIpc) is 3.36. The van der Waals surface area contributed by atoms with Gasteiger partial charge in [0, 0.05) is 42.1 Å².